The van der Waals surface area contributed by atoms with E-state index in [1.54, 1.807) is 0 Å². The highest BCUT2D eigenvalue weighted by atomic mass is 14.4. The third-order valence-electron chi connectivity index (χ3n) is 5.88. The van der Waals surface area contributed by atoms with Gasteiger partial charge in [0.25, 0.3) is 0 Å². The van der Waals surface area contributed by atoms with E-state index in [1.807, 2.05) is 6.07 Å². The highest BCUT2D eigenvalue weighted by molar-refractivity contribution is 5.47. The van der Waals surface area contributed by atoms with Crippen molar-refractivity contribution in [1.82, 2.24) is 0 Å². The third kappa shape index (κ3) is 2.77. The van der Waals surface area contributed by atoms with Crippen LogP contribution in [0.4, 0.5) is 0 Å². The lowest BCUT2D eigenvalue weighted by Crippen LogP contribution is -2.26. The first-order valence-electron chi connectivity index (χ1n) is 8.37. The summed E-state index contributed by atoms with van der Waals surface area (Å²) in [5.41, 5.74) is 5.06. The third-order valence-corrected chi connectivity index (χ3v) is 5.88. The van der Waals surface area contributed by atoms with Crippen LogP contribution in [-0.2, 0) is 12.8 Å². The first kappa shape index (κ1) is 14.4. The quantitative estimate of drug-likeness (QED) is 0.702. The molecule has 1 saturated carbocycles. The predicted octanol–water partition coefficient (Wildman–Crippen LogP) is 4.96. The summed E-state index contributed by atoms with van der Waals surface area (Å²) in [6.07, 6.45) is 11.3. The largest absolute Gasteiger partial charge is 0.192 e. The maximum absolute atomic E-state index is 9.17. The predicted molar refractivity (Wildman–Crippen MR) is 87.1 cm³/mol. The molecule has 0 radical (unpaired) electrons. The Morgan fingerprint density at radius 1 is 1.14 bits per heavy atom. The second kappa shape index (κ2) is 6.06. The van der Waals surface area contributed by atoms with Crippen molar-refractivity contribution in [2.75, 3.05) is 0 Å². The number of hydrogen-bond donors (Lipinski definition) is 0. The first-order chi connectivity index (χ1) is 10.2. The molecule has 0 amide bonds. The molecule has 0 heterocycles. The van der Waals surface area contributed by atoms with Gasteiger partial charge >= 0.3 is 0 Å². The fraction of sp³-hybridized carbons (Fsp3) is 0.550. The van der Waals surface area contributed by atoms with Gasteiger partial charge < -0.3 is 0 Å². The Morgan fingerprint density at radius 2 is 1.90 bits per heavy atom. The molecule has 1 fully saturated rings. The molecule has 1 nitrogen and oxygen atoms in total. The Bertz CT molecular complexity index is 570. The van der Waals surface area contributed by atoms with Crippen molar-refractivity contribution >= 4 is 0 Å². The number of allylic oxidation sites excluding steroid dienone is 1. The van der Waals surface area contributed by atoms with E-state index in [1.165, 1.54) is 61.6 Å². The molecule has 2 aliphatic rings. The summed E-state index contributed by atoms with van der Waals surface area (Å²) in [6.45, 7) is 6.07. The number of rotatable bonds is 2. The molecule has 1 unspecified atom stereocenters. The van der Waals surface area contributed by atoms with Crippen LogP contribution in [0.1, 0.15) is 54.4 Å². The second-order valence-corrected chi connectivity index (χ2v) is 6.90. The first-order valence-corrected chi connectivity index (χ1v) is 8.37. The number of nitriles is 1. The van der Waals surface area contributed by atoms with Gasteiger partial charge in [-0.1, -0.05) is 12.1 Å². The smallest absolute Gasteiger partial charge is 0.0994 e. The van der Waals surface area contributed by atoms with Gasteiger partial charge in [0.2, 0.25) is 0 Å². The standard InChI is InChI=1S/C20H25N/c1-3-15-4-6-16(7-5-15)17-10-11-20-14(2)19(13-21)9-8-18(20)12-17/h3,8-9,15-17H,1,4-7,10-12H2,2H3. The molecular formula is C20H25N. The van der Waals surface area contributed by atoms with Gasteiger partial charge in [-0.2, -0.15) is 5.26 Å². The molecule has 0 aromatic heterocycles. The molecule has 0 N–H and O–H groups in total. The summed E-state index contributed by atoms with van der Waals surface area (Å²) in [5, 5.41) is 9.17. The van der Waals surface area contributed by atoms with Gasteiger partial charge in [0.05, 0.1) is 11.6 Å². The fourth-order valence-electron chi connectivity index (χ4n) is 4.44. The Kier molecular flexibility index (Phi) is 4.15. The molecule has 0 aliphatic heterocycles. The molecule has 1 atom stereocenters. The van der Waals surface area contributed by atoms with Crippen LogP contribution < -0.4 is 0 Å². The zero-order valence-electron chi connectivity index (χ0n) is 13.1. The Balaban J connectivity index is 1.72. The topological polar surface area (TPSA) is 23.8 Å². The van der Waals surface area contributed by atoms with Gasteiger partial charge in [-0.25, -0.2) is 0 Å². The SMILES string of the molecule is C=CC1CCC(C2CCc3c(ccc(C#N)c3C)C2)CC1. The van der Waals surface area contributed by atoms with Gasteiger partial charge in [-0.05, 0) is 92.4 Å². The molecule has 1 aromatic carbocycles. The summed E-state index contributed by atoms with van der Waals surface area (Å²) in [5.74, 6) is 2.53. The van der Waals surface area contributed by atoms with E-state index in [-0.39, 0.29) is 0 Å². The Morgan fingerprint density at radius 3 is 2.57 bits per heavy atom. The molecule has 110 valence electrons. The van der Waals surface area contributed by atoms with Gasteiger partial charge in [0, 0.05) is 0 Å². The molecule has 0 saturated heterocycles. The van der Waals surface area contributed by atoms with Crippen molar-refractivity contribution in [2.24, 2.45) is 17.8 Å². The molecule has 0 bridgehead atoms. The van der Waals surface area contributed by atoms with Crippen LogP contribution in [0.3, 0.4) is 0 Å². The van der Waals surface area contributed by atoms with E-state index < -0.39 is 0 Å². The molecule has 3 rings (SSSR count). The van der Waals surface area contributed by atoms with Crippen molar-refractivity contribution in [2.45, 2.75) is 51.9 Å². The van der Waals surface area contributed by atoms with Gasteiger partial charge in [0.15, 0.2) is 0 Å². The van der Waals surface area contributed by atoms with Crippen LogP contribution in [-0.4, -0.2) is 0 Å². The van der Waals surface area contributed by atoms with Crippen molar-refractivity contribution in [3.63, 3.8) is 0 Å². The lowest BCUT2D eigenvalue weighted by molar-refractivity contribution is 0.206. The molecular weight excluding hydrogens is 254 g/mol. The lowest BCUT2D eigenvalue weighted by atomic mass is 9.69. The van der Waals surface area contributed by atoms with E-state index in [2.05, 4.69) is 31.7 Å². The maximum atomic E-state index is 9.17. The highest BCUT2D eigenvalue weighted by Gasteiger charge is 2.30. The van der Waals surface area contributed by atoms with Crippen LogP contribution in [0.25, 0.3) is 0 Å². The molecule has 1 heteroatoms. The van der Waals surface area contributed by atoms with Crippen LogP contribution in [0.2, 0.25) is 0 Å². The van der Waals surface area contributed by atoms with Crippen LogP contribution in [0.15, 0.2) is 24.8 Å². The van der Waals surface area contributed by atoms with E-state index >= 15 is 0 Å². The maximum Gasteiger partial charge on any atom is 0.0994 e. The van der Waals surface area contributed by atoms with Gasteiger partial charge in [0.1, 0.15) is 0 Å². The monoisotopic (exact) mass is 279 g/mol. The van der Waals surface area contributed by atoms with Crippen LogP contribution >= 0.6 is 0 Å². The van der Waals surface area contributed by atoms with E-state index in [0.717, 1.165) is 23.3 Å². The minimum absolute atomic E-state index is 0.762. The number of nitrogens with zero attached hydrogens (tertiary/aromatic N) is 1. The van der Waals surface area contributed by atoms with Crippen molar-refractivity contribution in [1.29, 1.82) is 5.26 Å². The number of fused-ring (bicyclic) bond motifs is 1. The summed E-state index contributed by atoms with van der Waals surface area (Å²) in [4.78, 5) is 0. The normalized spacial score (nSPS) is 28.5. The Labute approximate surface area is 128 Å². The fourth-order valence-corrected chi connectivity index (χ4v) is 4.44. The zero-order valence-corrected chi connectivity index (χ0v) is 13.1. The molecule has 0 spiro atoms. The van der Waals surface area contributed by atoms with Gasteiger partial charge in [-0.15, -0.1) is 6.58 Å². The zero-order chi connectivity index (χ0) is 14.8. The molecule has 21 heavy (non-hydrogen) atoms. The average molecular weight is 279 g/mol. The van der Waals surface area contributed by atoms with Crippen molar-refractivity contribution in [3.8, 4) is 6.07 Å². The minimum atomic E-state index is 0.762. The van der Waals surface area contributed by atoms with E-state index in [4.69, 9.17) is 5.26 Å². The van der Waals surface area contributed by atoms with Crippen molar-refractivity contribution < 1.29 is 0 Å². The summed E-state index contributed by atoms with van der Waals surface area (Å²) >= 11 is 0. The average Bonchev–Trinajstić information content (AvgIpc) is 2.55. The van der Waals surface area contributed by atoms with E-state index in [9.17, 15) is 0 Å². The highest BCUT2D eigenvalue weighted by Crippen LogP contribution is 2.40. The van der Waals surface area contributed by atoms with Crippen LogP contribution in [0.5, 0.6) is 0 Å². The number of hydrogen-bond acceptors (Lipinski definition) is 1. The van der Waals surface area contributed by atoms with E-state index in [0.29, 0.717) is 0 Å². The summed E-state index contributed by atoms with van der Waals surface area (Å²) in [7, 11) is 0. The summed E-state index contributed by atoms with van der Waals surface area (Å²) < 4.78 is 0. The molecule has 2 aliphatic carbocycles. The van der Waals surface area contributed by atoms with Gasteiger partial charge in [-0.3, -0.25) is 0 Å². The Hall–Kier alpha value is -1.55. The second-order valence-electron chi connectivity index (χ2n) is 6.90. The van der Waals surface area contributed by atoms with Crippen LogP contribution in [0, 0.1) is 36.0 Å². The van der Waals surface area contributed by atoms with Crippen molar-refractivity contribution in [3.05, 3.63) is 47.0 Å². The molecule has 1 aromatic rings. The minimum Gasteiger partial charge on any atom is -0.192 e. The summed E-state index contributed by atoms with van der Waals surface area (Å²) in [6, 6.07) is 6.55. The number of benzene rings is 1. The lowest BCUT2D eigenvalue weighted by Gasteiger charge is -2.36.